The third-order valence-electron chi connectivity index (χ3n) is 3.18. The van der Waals surface area contributed by atoms with Gasteiger partial charge < -0.3 is 10.4 Å². The molecule has 0 aromatic heterocycles. The van der Waals surface area contributed by atoms with Crippen molar-refractivity contribution in [2.75, 3.05) is 11.9 Å². The normalized spacial score (nSPS) is 13.8. The Balaban J connectivity index is 2.98. The molecule has 3 nitrogen and oxygen atoms in total. The fraction of sp³-hybridized carbons (Fsp3) is 0.500. The van der Waals surface area contributed by atoms with Gasteiger partial charge in [0, 0.05) is 12.1 Å². The van der Waals surface area contributed by atoms with Crippen LogP contribution in [-0.2, 0) is 0 Å². The van der Waals surface area contributed by atoms with E-state index in [2.05, 4.69) is 25.2 Å². The van der Waals surface area contributed by atoms with Gasteiger partial charge in [0.15, 0.2) is 0 Å². The monoisotopic (exact) mass is 232 g/mol. The van der Waals surface area contributed by atoms with Crippen LogP contribution in [-0.4, -0.2) is 17.3 Å². The first kappa shape index (κ1) is 13.5. The maximum absolute atomic E-state index is 9.10. The highest BCUT2D eigenvalue weighted by Gasteiger charge is 2.21. The lowest BCUT2D eigenvalue weighted by atomic mass is 9.94. The number of aliphatic hydroxyl groups is 1. The number of rotatable bonds is 5. The Bertz CT molecular complexity index is 423. The van der Waals surface area contributed by atoms with Gasteiger partial charge in [-0.3, -0.25) is 0 Å². The Hall–Kier alpha value is -1.53. The van der Waals surface area contributed by atoms with Gasteiger partial charge in [-0.05, 0) is 44.4 Å². The number of hydrogen-bond acceptors (Lipinski definition) is 3. The minimum atomic E-state index is -0.171. The van der Waals surface area contributed by atoms with Gasteiger partial charge in [0.25, 0.3) is 0 Å². The molecule has 1 atom stereocenters. The van der Waals surface area contributed by atoms with Crippen LogP contribution in [0.4, 0.5) is 5.69 Å². The number of benzene rings is 1. The van der Waals surface area contributed by atoms with E-state index in [1.54, 1.807) is 0 Å². The van der Waals surface area contributed by atoms with Crippen molar-refractivity contribution in [1.29, 1.82) is 5.26 Å². The minimum absolute atomic E-state index is 0.144. The molecule has 0 bridgehead atoms. The Morgan fingerprint density at radius 2 is 2.18 bits per heavy atom. The van der Waals surface area contributed by atoms with Gasteiger partial charge >= 0.3 is 0 Å². The molecule has 1 rings (SSSR count). The summed E-state index contributed by atoms with van der Waals surface area (Å²) in [6.45, 7) is 6.25. The van der Waals surface area contributed by atoms with Gasteiger partial charge in [-0.25, -0.2) is 0 Å². The smallest absolute Gasteiger partial charge is 0.101 e. The van der Waals surface area contributed by atoms with Crippen molar-refractivity contribution < 1.29 is 5.11 Å². The lowest BCUT2D eigenvalue weighted by molar-refractivity contribution is 0.252. The zero-order valence-corrected chi connectivity index (χ0v) is 10.7. The van der Waals surface area contributed by atoms with Gasteiger partial charge in [0.1, 0.15) is 6.07 Å². The van der Waals surface area contributed by atoms with E-state index in [-0.39, 0.29) is 12.1 Å². The Morgan fingerprint density at radius 3 is 2.71 bits per heavy atom. The molecule has 1 unspecified atom stereocenters. The molecular weight excluding hydrogens is 212 g/mol. The van der Waals surface area contributed by atoms with Crippen LogP contribution in [0.15, 0.2) is 18.2 Å². The molecule has 0 aliphatic rings. The number of nitriles is 1. The molecule has 0 spiro atoms. The van der Waals surface area contributed by atoms with Crippen LogP contribution < -0.4 is 5.32 Å². The molecule has 0 aliphatic carbocycles. The molecule has 0 aliphatic heterocycles. The zero-order chi connectivity index (χ0) is 12.9. The number of aryl methyl sites for hydroxylation is 1. The first-order valence-corrected chi connectivity index (χ1v) is 5.94. The van der Waals surface area contributed by atoms with Crippen LogP contribution in [0, 0.1) is 18.3 Å². The quantitative estimate of drug-likeness (QED) is 0.820. The van der Waals surface area contributed by atoms with E-state index >= 15 is 0 Å². The summed E-state index contributed by atoms with van der Waals surface area (Å²) in [5.41, 5.74) is 2.40. The van der Waals surface area contributed by atoms with Gasteiger partial charge in [0.2, 0.25) is 0 Å². The van der Waals surface area contributed by atoms with Crippen molar-refractivity contribution in [3.05, 3.63) is 29.3 Å². The number of anilines is 1. The van der Waals surface area contributed by atoms with E-state index < -0.39 is 0 Å². The maximum Gasteiger partial charge on any atom is 0.101 e. The van der Waals surface area contributed by atoms with Crippen molar-refractivity contribution in [2.24, 2.45) is 0 Å². The summed E-state index contributed by atoms with van der Waals surface area (Å²) in [5, 5.41) is 21.5. The molecule has 0 radical (unpaired) electrons. The summed E-state index contributed by atoms with van der Waals surface area (Å²) in [6.07, 6.45) is 1.56. The number of nitrogens with zero attached hydrogens (tertiary/aromatic N) is 1. The van der Waals surface area contributed by atoms with Crippen LogP contribution in [0.5, 0.6) is 0 Å². The Labute approximate surface area is 103 Å². The molecule has 0 amide bonds. The lowest BCUT2D eigenvalue weighted by Gasteiger charge is -2.30. The van der Waals surface area contributed by atoms with Crippen molar-refractivity contribution >= 4 is 5.69 Å². The Kier molecular flexibility index (Phi) is 4.53. The molecule has 0 fully saturated rings. The summed E-state index contributed by atoms with van der Waals surface area (Å²) in [5.74, 6) is 0. The zero-order valence-electron chi connectivity index (χ0n) is 10.7. The highest BCUT2D eigenvalue weighted by atomic mass is 16.3. The maximum atomic E-state index is 9.10. The van der Waals surface area contributed by atoms with Crippen molar-refractivity contribution in [1.82, 2.24) is 0 Å². The Morgan fingerprint density at radius 1 is 1.47 bits per heavy atom. The van der Waals surface area contributed by atoms with Gasteiger partial charge in [0.05, 0.1) is 11.3 Å². The van der Waals surface area contributed by atoms with Gasteiger partial charge in [-0.2, -0.15) is 5.26 Å². The molecular formula is C14H20N2O. The van der Waals surface area contributed by atoms with Crippen molar-refractivity contribution in [3.8, 4) is 6.07 Å². The summed E-state index contributed by atoms with van der Waals surface area (Å²) >= 11 is 0. The highest BCUT2D eigenvalue weighted by Crippen LogP contribution is 2.24. The lowest BCUT2D eigenvalue weighted by Crippen LogP contribution is -2.35. The third-order valence-corrected chi connectivity index (χ3v) is 3.18. The average Bonchev–Trinajstić information content (AvgIpc) is 2.32. The summed E-state index contributed by atoms with van der Waals surface area (Å²) in [7, 11) is 0. The second-order valence-electron chi connectivity index (χ2n) is 4.67. The molecule has 2 N–H and O–H groups in total. The van der Waals surface area contributed by atoms with E-state index in [0.29, 0.717) is 12.0 Å². The first-order valence-electron chi connectivity index (χ1n) is 5.94. The largest absolute Gasteiger partial charge is 0.396 e. The topological polar surface area (TPSA) is 56.0 Å². The van der Waals surface area contributed by atoms with E-state index in [0.717, 1.165) is 17.7 Å². The van der Waals surface area contributed by atoms with Crippen LogP contribution in [0.25, 0.3) is 0 Å². The fourth-order valence-electron chi connectivity index (χ4n) is 1.76. The average molecular weight is 232 g/mol. The highest BCUT2D eigenvalue weighted by molar-refractivity contribution is 5.59. The minimum Gasteiger partial charge on any atom is -0.396 e. The van der Waals surface area contributed by atoms with Crippen LogP contribution in [0.1, 0.15) is 37.8 Å². The van der Waals surface area contributed by atoms with Crippen LogP contribution >= 0.6 is 0 Å². The summed E-state index contributed by atoms with van der Waals surface area (Å²) in [4.78, 5) is 0. The molecule has 1 aromatic carbocycles. The molecule has 92 valence electrons. The van der Waals surface area contributed by atoms with E-state index in [4.69, 9.17) is 10.4 Å². The second-order valence-corrected chi connectivity index (χ2v) is 4.67. The molecule has 0 heterocycles. The SMILES string of the molecule is CCC(C)(CCO)Nc1ccc(C)cc1C#N. The predicted molar refractivity (Wildman–Crippen MR) is 69.9 cm³/mol. The fourth-order valence-corrected chi connectivity index (χ4v) is 1.76. The number of hydrogen-bond donors (Lipinski definition) is 2. The van der Waals surface area contributed by atoms with Crippen molar-refractivity contribution in [3.63, 3.8) is 0 Å². The van der Waals surface area contributed by atoms with E-state index in [1.165, 1.54) is 0 Å². The van der Waals surface area contributed by atoms with E-state index in [1.807, 2.05) is 25.1 Å². The second kappa shape index (κ2) is 5.70. The summed E-state index contributed by atoms with van der Waals surface area (Å²) in [6, 6.07) is 7.99. The molecule has 0 saturated carbocycles. The van der Waals surface area contributed by atoms with Crippen LogP contribution in [0.3, 0.4) is 0 Å². The van der Waals surface area contributed by atoms with Gasteiger partial charge in [-0.1, -0.05) is 13.0 Å². The molecule has 17 heavy (non-hydrogen) atoms. The summed E-state index contributed by atoms with van der Waals surface area (Å²) < 4.78 is 0. The standard InChI is InChI=1S/C14H20N2O/c1-4-14(3,7-8-17)16-13-6-5-11(2)9-12(13)10-15/h5-6,9,16-17H,4,7-8H2,1-3H3. The van der Waals surface area contributed by atoms with E-state index in [9.17, 15) is 0 Å². The molecule has 1 aromatic rings. The molecule has 3 heteroatoms. The van der Waals surface area contributed by atoms with Gasteiger partial charge in [-0.15, -0.1) is 0 Å². The van der Waals surface area contributed by atoms with Crippen molar-refractivity contribution in [2.45, 2.75) is 39.2 Å². The number of nitrogens with one attached hydrogen (secondary N) is 1. The third kappa shape index (κ3) is 3.47. The predicted octanol–water partition coefficient (Wildman–Crippen LogP) is 2.83. The molecule has 0 saturated heterocycles. The number of aliphatic hydroxyl groups excluding tert-OH is 1. The first-order chi connectivity index (χ1) is 8.04. The van der Waals surface area contributed by atoms with Crippen LogP contribution in [0.2, 0.25) is 0 Å².